The van der Waals surface area contributed by atoms with Gasteiger partial charge in [-0.15, -0.1) is 22.7 Å². The largest absolute Gasteiger partial charge is 0.460 e. The summed E-state index contributed by atoms with van der Waals surface area (Å²) >= 11 is 2.74. The van der Waals surface area contributed by atoms with Crippen LogP contribution in [-0.4, -0.2) is 66.6 Å². The van der Waals surface area contributed by atoms with Crippen LogP contribution < -0.4 is 0 Å². The van der Waals surface area contributed by atoms with Crippen molar-refractivity contribution < 1.29 is 24.5 Å². The Morgan fingerprint density at radius 2 is 1.62 bits per heavy atom. The van der Waals surface area contributed by atoms with Gasteiger partial charge in [-0.1, -0.05) is 25.0 Å². The number of nitrogens with zero attached hydrogens (tertiary/aromatic N) is 1. The number of aliphatic hydroxyl groups excluding tert-OH is 1. The highest BCUT2D eigenvalue weighted by Gasteiger charge is 2.45. The van der Waals surface area contributed by atoms with Crippen LogP contribution in [0.25, 0.3) is 0 Å². The molecule has 0 aliphatic heterocycles. The molecule has 2 aromatic rings. The van der Waals surface area contributed by atoms with E-state index in [9.17, 15) is 9.90 Å². The summed E-state index contributed by atoms with van der Waals surface area (Å²) in [4.78, 5) is 16.7. The van der Waals surface area contributed by atoms with E-state index in [-0.39, 0.29) is 12.7 Å². The van der Waals surface area contributed by atoms with Crippen molar-refractivity contribution in [3.63, 3.8) is 0 Å². The number of thiophene rings is 2. The van der Waals surface area contributed by atoms with E-state index in [0.717, 1.165) is 77.5 Å². The monoisotopic (exact) mass is 509 g/mol. The molecule has 2 aromatic heterocycles. The Kier molecular flexibility index (Phi) is 11.5. The Morgan fingerprint density at radius 1 is 1.00 bits per heavy atom. The van der Waals surface area contributed by atoms with Crippen molar-refractivity contribution in [2.75, 3.05) is 33.4 Å². The van der Waals surface area contributed by atoms with Gasteiger partial charge in [-0.2, -0.15) is 0 Å². The van der Waals surface area contributed by atoms with E-state index in [2.05, 4.69) is 11.9 Å². The molecule has 0 amide bonds. The van der Waals surface area contributed by atoms with E-state index in [0.29, 0.717) is 15.8 Å². The molecule has 0 radical (unpaired) electrons. The molecule has 0 aromatic carbocycles. The summed E-state index contributed by atoms with van der Waals surface area (Å²) in [7, 11) is 2.16. The Bertz CT molecular complexity index is 769. The summed E-state index contributed by atoms with van der Waals surface area (Å²) in [5.74, 6) is -0.567. The molecule has 0 bridgehead atoms. The molecular formula is C26H39NO5S2. The third kappa shape index (κ3) is 7.60. The summed E-state index contributed by atoms with van der Waals surface area (Å²) < 4.78 is 11.6. The number of hydrogen-bond acceptors (Lipinski definition) is 8. The highest BCUT2D eigenvalue weighted by Crippen LogP contribution is 2.38. The molecule has 2 heterocycles. The van der Waals surface area contributed by atoms with Crippen molar-refractivity contribution in [2.45, 2.75) is 75.5 Å². The molecule has 2 N–H and O–H groups in total. The Balaban J connectivity index is 1.37. The van der Waals surface area contributed by atoms with Crippen molar-refractivity contribution >= 4 is 28.6 Å². The number of carbonyl (C=O) groups excluding carboxylic acids is 1. The molecule has 3 rings (SSSR count). The van der Waals surface area contributed by atoms with Crippen LogP contribution in [0.1, 0.15) is 67.5 Å². The van der Waals surface area contributed by atoms with E-state index < -0.39 is 11.6 Å². The van der Waals surface area contributed by atoms with E-state index in [1.54, 1.807) is 12.1 Å². The molecular weight excluding hydrogens is 470 g/mol. The van der Waals surface area contributed by atoms with Crippen LogP contribution >= 0.6 is 22.7 Å². The maximum absolute atomic E-state index is 13.2. The van der Waals surface area contributed by atoms with Gasteiger partial charge in [-0.05, 0) is 74.9 Å². The maximum Gasteiger partial charge on any atom is 0.349 e. The van der Waals surface area contributed by atoms with Gasteiger partial charge < -0.3 is 24.6 Å². The molecule has 0 spiro atoms. The number of hydrogen-bond donors (Lipinski definition) is 2. The van der Waals surface area contributed by atoms with E-state index in [1.165, 1.54) is 22.7 Å². The molecule has 1 aliphatic carbocycles. The lowest BCUT2D eigenvalue weighted by molar-refractivity contribution is -0.169. The highest BCUT2D eigenvalue weighted by atomic mass is 32.1. The van der Waals surface area contributed by atoms with Gasteiger partial charge in [-0.25, -0.2) is 4.79 Å². The first-order valence-electron chi connectivity index (χ1n) is 12.5. The number of unbranched alkanes of at least 4 members (excludes halogenated alkanes) is 3. The van der Waals surface area contributed by atoms with Gasteiger partial charge in [-0.3, -0.25) is 0 Å². The van der Waals surface area contributed by atoms with E-state index in [4.69, 9.17) is 14.6 Å². The zero-order valence-corrected chi connectivity index (χ0v) is 21.8. The predicted octanol–water partition coefficient (Wildman–Crippen LogP) is 4.79. The molecule has 8 heteroatoms. The summed E-state index contributed by atoms with van der Waals surface area (Å²) in [5, 5.41) is 23.9. The van der Waals surface area contributed by atoms with Crippen molar-refractivity contribution in [1.82, 2.24) is 4.90 Å². The van der Waals surface area contributed by atoms with Crippen molar-refractivity contribution in [3.05, 3.63) is 44.8 Å². The van der Waals surface area contributed by atoms with Crippen LogP contribution in [-0.2, 0) is 19.9 Å². The van der Waals surface area contributed by atoms with Crippen LogP contribution in [0.2, 0.25) is 0 Å². The topological polar surface area (TPSA) is 79.2 Å². The van der Waals surface area contributed by atoms with Gasteiger partial charge in [0.1, 0.15) is 6.10 Å². The number of carbonyl (C=O) groups is 1. The second-order valence-electron chi connectivity index (χ2n) is 9.09. The van der Waals surface area contributed by atoms with E-state index in [1.807, 2.05) is 22.9 Å². The normalized spacial score (nSPS) is 18.9. The molecule has 190 valence electrons. The summed E-state index contributed by atoms with van der Waals surface area (Å²) in [6.45, 7) is 2.86. The average Bonchev–Trinajstić information content (AvgIpc) is 3.58. The molecule has 1 fully saturated rings. The lowest BCUT2D eigenvalue weighted by Crippen LogP contribution is -2.42. The zero-order valence-electron chi connectivity index (χ0n) is 20.2. The van der Waals surface area contributed by atoms with Crippen LogP contribution in [0.15, 0.2) is 35.0 Å². The molecule has 0 atom stereocenters. The minimum absolute atomic E-state index is 0.155. The van der Waals surface area contributed by atoms with Crippen molar-refractivity contribution in [2.24, 2.45) is 0 Å². The Labute approximate surface area is 211 Å². The predicted molar refractivity (Wildman–Crippen MR) is 137 cm³/mol. The number of aliphatic hydroxyl groups is 2. The van der Waals surface area contributed by atoms with Gasteiger partial charge >= 0.3 is 5.97 Å². The SMILES string of the molecule is CN(CCCOCCCCCCO)[C@H]1CC[C@H](OC(=O)C(O)(c2cccs2)c2cccs2)CC1. The second-order valence-corrected chi connectivity index (χ2v) is 11.0. The first kappa shape index (κ1) is 27.3. The standard InChI is InChI=1S/C26H39NO5S2/c1-27(15-8-18-31-17-5-3-2-4-16-28)21-11-13-22(14-12-21)32-25(29)26(30,23-9-6-19-33-23)24-10-7-20-34-24/h6-7,9-10,19-22,28,30H,2-5,8,11-18H2,1H3/t21-,22-. The lowest BCUT2D eigenvalue weighted by atomic mass is 9.91. The second kappa shape index (κ2) is 14.3. The van der Waals surface area contributed by atoms with Crippen LogP contribution in [0.3, 0.4) is 0 Å². The third-order valence-corrected chi connectivity index (χ3v) is 8.55. The first-order valence-corrected chi connectivity index (χ1v) is 14.2. The summed E-state index contributed by atoms with van der Waals surface area (Å²) in [6.07, 6.45) is 8.59. The molecule has 0 unspecified atom stereocenters. The Morgan fingerprint density at radius 3 is 2.21 bits per heavy atom. The summed E-state index contributed by atoms with van der Waals surface area (Å²) in [5.41, 5.74) is -1.73. The Hall–Kier alpha value is -1.29. The van der Waals surface area contributed by atoms with Gasteiger partial charge in [0.2, 0.25) is 5.60 Å². The molecule has 0 saturated heterocycles. The molecule has 1 aliphatic rings. The van der Waals surface area contributed by atoms with Crippen LogP contribution in [0, 0.1) is 0 Å². The fraction of sp³-hybridized carbons (Fsp3) is 0.654. The van der Waals surface area contributed by atoms with Gasteiger partial charge in [0.05, 0.1) is 9.75 Å². The number of rotatable bonds is 15. The van der Waals surface area contributed by atoms with Gasteiger partial charge in [0, 0.05) is 32.4 Å². The van der Waals surface area contributed by atoms with Crippen molar-refractivity contribution in [1.29, 1.82) is 0 Å². The fourth-order valence-corrected chi connectivity index (χ4v) is 6.22. The lowest BCUT2D eigenvalue weighted by Gasteiger charge is -2.35. The summed E-state index contributed by atoms with van der Waals surface area (Å²) in [6, 6.07) is 7.76. The van der Waals surface area contributed by atoms with Gasteiger partial charge in [0.15, 0.2) is 0 Å². The zero-order chi connectivity index (χ0) is 24.2. The quantitative estimate of drug-likeness (QED) is 0.265. The molecule has 34 heavy (non-hydrogen) atoms. The first-order chi connectivity index (χ1) is 16.6. The average molecular weight is 510 g/mol. The maximum atomic E-state index is 13.2. The minimum Gasteiger partial charge on any atom is -0.460 e. The van der Waals surface area contributed by atoms with Gasteiger partial charge in [0.25, 0.3) is 0 Å². The van der Waals surface area contributed by atoms with Crippen molar-refractivity contribution in [3.8, 4) is 0 Å². The smallest absolute Gasteiger partial charge is 0.349 e. The van der Waals surface area contributed by atoms with Crippen LogP contribution in [0.4, 0.5) is 0 Å². The number of esters is 1. The third-order valence-electron chi connectivity index (χ3n) is 6.59. The minimum atomic E-state index is -1.73. The fourth-order valence-electron chi connectivity index (χ4n) is 4.50. The van der Waals surface area contributed by atoms with E-state index >= 15 is 0 Å². The van der Waals surface area contributed by atoms with Crippen LogP contribution in [0.5, 0.6) is 0 Å². The highest BCUT2D eigenvalue weighted by molar-refractivity contribution is 7.12. The molecule has 6 nitrogen and oxygen atoms in total. The number of ether oxygens (including phenoxy) is 2. The molecule has 1 saturated carbocycles.